The van der Waals surface area contributed by atoms with E-state index in [2.05, 4.69) is 18.3 Å². The third kappa shape index (κ3) is 3.62. The average molecular weight is 341 g/mol. The highest BCUT2D eigenvalue weighted by Crippen LogP contribution is 2.37. The third-order valence-electron chi connectivity index (χ3n) is 2.54. The van der Waals surface area contributed by atoms with Crippen LogP contribution in [-0.4, -0.2) is 6.54 Å². The van der Waals surface area contributed by atoms with Crippen molar-refractivity contribution in [1.29, 1.82) is 0 Å². The molecule has 0 saturated carbocycles. The SMILES string of the molecule is CCNC(Cc1ccc(Cl)s1)c1cc(Cl)sc1Cl. The maximum absolute atomic E-state index is 6.22. The fourth-order valence-electron chi connectivity index (χ4n) is 1.79. The van der Waals surface area contributed by atoms with Crippen LogP contribution in [0, 0.1) is 0 Å². The minimum atomic E-state index is 0.181. The minimum Gasteiger partial charge on any atom is -0.310 e. The molecule has 0 amide bonds. The van der Waals surface area contributed by atoms with Crippen LogP contribution in [0.2, 0.25) is 13.0 Å². The van der Waals surface area contributed by atoms with E-state index in [0.29, 0.717) is 0 Å². The van der Waals surface area contributed by atoms with Gasteiger partial charge in [-0.15, -0.1) is 22.7 Å². The van der Waals surface area contributed by atoms with E-state index in [9.17, 15) is 0 Å². The van der Waals surface area contributed by atoms with E-state index in [-0.39, 0.29) is 6.04 Å². The topological polar surface area (TPSA) is 12.0 Å². The third-order valence-corrected chi connectivity index (χ3v) is 5.31. The Morgan fingerprint density at radius 1 is 1.17 bits per heavy atom. The summed E-state index contributed by atoms with van der Waals surface area (Å²) in [4.78, 5) is 1.24. The van der Waals surface area contributed by atoms with E-state index >= 15 is 0 Å². The molecule has 1 unspecified atom stereocenters. The lowest BCUT2D eigenvalue weighted by Gasteiger charge is -2.16. The summed E-state index contributed by atoms with van der Waals surface area (Å²) in [6, 6.07) is 6.10. The number of likely N-dealkylation sites (N-methyl/N-ethyl adjacent to an activating group) is 1. The summed E-state index contributed by atoms with van der Waals surface area (Å²) in [5.74, 6) is 0. The van der Waals surface area contributed by atoms with E-state index in [4.69, 9.17) is 34.8 Å². The molecule has 18 heavy (non-hydrogen) atoms. The summed E-state index contributed by atoms with van der Waals surface area (Å²) in [6.45, 7) is 2.96. The van der Waals surface area contributed by atoms with E-state index in [1.54, 1.807) is 11.3 Å². The maximum atomic E-state index is 6.22. The smallest absolute Gasteiger partial charge is 0.0992 e. The van der Waals surface area contributed by atoms with Gasteiger partial charge in [0.25, 0.3) is 0 Å². The largest absolute Gasteiger partial charge is 0.310 e. The quantitative estimate of drug-likeness (QED) is 0.740. The van der Waals surface area contributed by atoms with Gasteiger partial charge in [0.15, 0.2) is 0 Å². The molecule has 98 valence electrons. The van der Waals surface area contributed by atoms with E-state index in [1.807, 2.05) is 12.1 Å². The lowest BCUT2D eigenvalue weighted by atomic mass is 10.1. The summed E-state index contributed by atoms with van der Waals surface area (Å²) < 4.78 is 2.30. The van der Waals surface area contributed by atoms with E-state index in [1.165, 1.54) is 16.2 Å². The summed E-state index contributed by atoms with van der Waals surface area (Å²) in [5, 5.41) is 3.44. The van der Waals surface area contributed by atoms with Gasteiger partial charge in [0.05, 0.1) is 13.0 Å². The molecule has 0 saturated heterocycles. The normalized spacial score (nSPS) is 12.9. The molecule has 2 aromatic heterocycles. The molecule has 2 aromatic rings. The zero-order valence-electron chi connectivity index (χ0n) is 9.67. The Bertz CT molecular complexity index is 521. The molecule has 1 N–H and O–H groups in total. The molecule has 0 fully saturated rings. The van der Waals surface area contributed by atoms with Gasteiger partial charge in [-0.1, -0.05) is 41.7 Å². The second-order valence-electron chi connectivity index (χ2n) is 3.80. The predicted octanol–water partition coefficient (Wildman–Crippen LogP) is 5.66. The lowest BCUT2D eigenvalue weighted by molar-refractivity contribution is 0.555. The molecule has 0 aliphatic rings. The van der Waals surface area contributed by atoms with Crippen LogP contribution < -0.4 is 5.32 Å². The predicted molar refractivity (Wildman–Crippen MR) is 83.8 cm³/mol. The first-order valence-electron chi connectivity index (χ1n) is 5.52. The van der Waals surface area contributed by atoms with Crippen LogP contribution in [0.3, 0.4) is 0 Å². The molecule has 0 aromatic carbocycles. The van der Waals surface area contributed by atoms with Crippen molar-refractivity contribution in [2.24, 2.45) is 0 Å². The van der Waals surface area contributed by atoms with Crippen molar-refractivity contribution >= 4 is 57.5 Å². The van der Waals surface area contributed by atoms with Crippen molar-refractivity contribution in [3.63, 3.8) is 0 Å². The Hall–Kier alpha value is 0.230. The number of rotatable bonds is 5. The van der Waals surface area contributed by atoms with Crippen molar-refractivity contribution in [2.75, 3.05) is 6.54 Å². The van der Waals surface area contributed by atoms with Crippen molar-refractivity contribution in [1.82, 2.24) is 5.32 Å². The van der Waals surface area contributed by atoms with Gasteiger partial charge in [-0.3, -0.25) is 0 Å². The molecule has 0 aliphatic heterocycles. The summed E-state index contributed by atoms with van der Waals surface area (Å²) in [6.07, 6.45) is 0.873. The zero-order chi connectivity index (χ0) is 13.1. The highest BCUT2D eigenvalue weighted by molar-refractivity contribution is 7.20. The number of nitrogens with one attached hydrogen (secondary N) is 1. The molecule has 6 heteroatoms. The zero-order valence-corrected chi connectivity index (χ0v) is 13.6. The molecule has 2 heterocycles. The number of halogens is 3. The van der Waals surface area contributed by atoms with Gasteiger partial charge in [0.1, 0.15) is 0 Å². The minimum absolute atomic E-state index is 0.181. The fourth-order valence-corrected chi connectivity index (χ4v) is 4.50. The molecule has 0 radical (unpaired) electrons. The maximum Gasteiger partial charge on any atom is 0.0992 e. The van der Waals surface area contributed by atoms with Gasteiger partial charge >= 0.3 is 0 Å². The molecule has 0 spiro atoms. The highest BCUT2D eigenvalue weighted by Gasteiger charge is 2.18. The van der Waals surface area contributed by atoms with Crippen LogP contribution in [0.25, 0.3) is 0 Å². The Morgan fingerprint density at radius 3 is 2.44 bits per heavy atom. The molecular formula is C12H12Cl3NS2. The van der Waals surface area contributed by atoms with Gasteiger partial charge in [-0.25, -0.2) is 0 Å². The second-order valence-corrected chi connectivity index (χ2v) is 7.88. The fraction of sp³-hybridized carbons (Fsp3) is 0.333. The van der Waals surface area contributed by atoms with Crippen LogP contribution in [0.5, 0.6) is 0 Å². The number of thiophene rings is 2. The molecule has 1 nitrogen and oxygen atoms in total. The number of hydrogen-bond acceptors (Lipinski definition) is 3. The molecule has 2 rings (SSSR count). The molecule has 1 atom stereocenters. The Morgan fingerprint density at radius 2 is 1.94 bits per heavy atom. The van der Waals surface area contributed by atoms with Crippen LogP contribution in [-0.2, 0) is 6.42 Å². The Balaban J connectivity index is 2.20. The lowest BCUT2D eigenvalue weighted by Crippen LogP contribution is -2.22. The van der Waals surface area contributed by atoms with Crippen LogP contribution in [0.4, 0.5) is 0 Å². The monoisotopic (exact) mass is 339 g/mol. The van der Waals surface area contributed by atoms with Crippen LogP contribution >= 0.6 is 57.5 Å². The van der Waals surface area contributed by atoms with Crippen LogP contribution in [0.15, 0.2) is 18.2 Å². The first kappa shape index (κ1) is 14.6. The van der Waals surface area contributed by atoms with E-state index in [0.717, 1.165) is 31.5 Å². The summed E-state index contributed by atoms with van der Waals surface area (Å²) >= 11 is 21.2. The molecule has 0 bridgehead atoms. The van der Waals surface area contributed by atoms with Crippen molar-refractivity contribution in [3.05, 3.63) is 41.6 Å². The van der Waals surface area contributed by atoms with Gasteiger partial charge in [-0.05, 0) is 24.7 Å². The first-order chi connectivity index (χ1) is 8.60. The Labute approximate surface area is 130 Å². The second kappa shape index (κ2) is 6.60. The van der Waals surface area contributed by atoms with E-state index < -0.39 is 0 Å². The van der Waals surface area contributed by atoms with Crippen molar-refractivity contribution in [3.8, 4) is 0 Å². The average Bonchev–Trinajstić information content (AvgIpc) is 2.84. The summed E-state index contributed by atoms with van der Waals surface area (Å²) in [5.41, 5.74) is 1.07. The van der Waals surface area contributed by atoms with Gasteiger partial charge in [0, 0.05) is 22.9 Å². The van der Waals surface area contributed by atoms with Gasteiger partial charge in [-0.2, -0.15) is 0 Å². The Kier molecular flexibility index (Phi) is 5.36. The summed E-state index contributed by atoms with van der Waals surface area (Å²) in [7, 11) is 0. The highest BCUT2D eigenvalue weighted by atomic mass is 35.5. The van der Waals surface area contributed by atoms with Gasteiger partial charge in [0.2, 0.25) is 0 Å². The molecular weight excluding hydrogens is 329 g/mol. The van der Waals surface area contributed by atoms with Crippen molar-refractivity contribution < 1.29 is 0 Å². The van der Waals surface area contributed by atoms with Crippen molar-refractivity contribution in [2.45, 2.75) is 19.4 Å². The van der Waals surface area contributed by atoms with Crippen LogP contribution in [0.1, 0.15) is 23.4 Å². The number of hydrogen-bond donors (Lipinski definition) is 1. The standard InChI is InChI=1S/C12H12Cl3NS2/c1-2-16-9(5-7-3-4-10(13)17-7)8-6-11(14)18-12(8)15/h3-4,6,9,16H,2,5H2,1H3. The molecule has 0 aliphatic carbocycles. The van der Waals surface area contributed by atoms with Gasteiger partial charge < -0.3 is 5.32 Å². The first-order valence-corrected chi connectivity index (χ1v) is 8.29.